The lowest BCUT2D eigenvalue weighted by atomic mass is 9.96. The molecule has 1 atom stereocenters. The zero-order valence-electron chi connectivity index (χ0n) is 16.5. The number of benzene rings is 1. The molecule has 164 valence electrons. The van der Waals surface area contributed by atoms with Crippen molar-refractivity contribution in [3.63, 3.8) is 0 Å². The Bertz CT molecular complexity index is 864. The molecule has 30 heavy (non-hydrogen) atoms. The topological polar surface area (TPSA) is 70.4 Å². The SMILES string of the molecule is Cn1ccnc1C(O)(CC(=O)NC1CCN(Cc2ccc(Cl)cc2)CC1)C(F)(F)F. The van der Waals surface area contributed by atoms with Crippen LogP contribution in [-0.2, 0) is 24.0 Å². The number of likely N-dealkylation sites (tertiary alicyclic amines) is 1. The summed E-state index contributed by atoms with van der Waals surface area (Å²) < 4.78 is 41.8. The van der Waals surface area contributed by atoms with Crippen LogP contribution >= 0.6 is 11.6 Å². The number of aliphatic hydroxyl groups is 1. The van der Waals surface area contributed by atoms with Crippen molar-refractivity contribution >= 4 is 17.5 Å². The summed E-state index contributed by atoms with van der Waals surface area (Å²) in [5.74, 6) is -1.46. The van der Waals surface area contributed by atoms with Gasteiger partial charge in [0.2, 0.25) is 11.5 Å². The first-order valence-electron chi connectivity index (χ1n) is 9.61. The summed E-state index contributed by atoms with van der Waals surface area (Å²) in [6.07, 6.45) is -2.49. The first-order valence-corrected chi connectivity index (χ1v) is 9.99. The quantitative estimate of drug-likeness (QED) is 0.718. The predicted molar refractivity (Wildman–Crippen MR) is 106 cm³/mol. The molecule has 1 aromatic heterocycles. The first-order chi connectivity index (χ1) is 14.1. The fraction of sp³-hybridized carbons (Fsp3) is 0.500. The number of imidazole rings is 1. The van der Waals surface area contributed by atoms with E-state index in [0.29, 0.717) is 31.0 Å². The van der Waals surface area contributed by atoms with Crippen molar-refractivity contribution in [1.29, 1.82) is 0 Å². The van der Waals surface area contributed by atoms with Crippen molar-refractivity contribution in [2.75, 3.05) is 13.1 Å². The Morgan fingerprint density at radius 3 is 2.43 bits per heavy atom. The molecule has 3 rings (SSSR count). The number of halogens is 4. The number of carbonyl (C=O) groups excluding carboxylic acids is 1. The largest absolute Gasteiger partial charge is 0.425 e. The Labute approximate surface area is 177 Å². The van der Waals surface area contributed by atoms with Crippen LogP contribution < -0.4 is 5.32 Å². The molecule has 1 aromatic carbocycles. The second-order valence-electron chi connectivity index (χ2n) is 7.64. The molecule has 1 fully saturated rings. The van der Waals surface area contributed by atoms with E-state index < -0.39 is 29.9 Å². The molecule has 1 unspecified atom stereocenters. The smallest absolute Gasteiger partial charge is 0.374 e. The number of amides is 1. The van der Waals surface area contributed by atoms with Crippen LogP contribution in [0.25, 0.3) is 0 Å². The summed E-state index contributed by atoms with van der Waals surface area (Å²) >= 11 is 5.89. The Hall–Kier alpha value is -2.10. The molecule has 1 saturated heterocycles. The van der Waals surface area contributed by atoms with Crippen LogP contribution in [0.5, 0.6) is 0 Å². The van der Waals surface area contributed by atoms with Gasteiger partial charge in [-0.2, -0.15) is 13.2 Å². The second-order valence-corrected chi connectivity index (χ2v) is 8.08. The number of rotatable bonds is 6. The fourth-order valence-corrected chi connectivity index (χ4v) is 3.79. The maximum Gasteiger partial charge on any atom is 0.425 e. The third-order valence-electron chi connectivity index (χ3n) is 5.35. The highest BCUT2D eigenvalue weighted by molar-refractivity contribution is 6.30. The van der Waals surface area contributed by atoms with Crippen LogP contribution in [-0.4, -0.2) is 50.8 Å². The fourth-order valence-electron chi connectivity index (χ4n) is 3.66. The van der Waals surface area contributed by atoms with Gasteiger partial charge in [-0.25, -0.2) is 4.98 Å². The summed E-state index contributed by atoms with van der Waals surface area (Å²) in [5, 5.41) is 13.6. The number of carbonyl (C=O) groups is 1. The van der Waals surface area contributed by atoms with Gasteiger partial charge in [-0.1, -0.05) is 23.7 Å². The van der Waals surface area contributed by atoms with E-state index in [1.165, 1.54) is 13.2 Å². The molecule has 1 aliphatic heterocycles. The summed E-state index contributed by atoms with van der Waals surface area (Å²) in [7, 11) is 1.34. The van der Waals surface area contributed by atoms with Crippen LogP contribution in [0.2, 0.25) is 5.02 Å². The molecule has 2 N–H and O–H groups in total. The average Bonchev–Trinajstić information content (AvgIpc) is 3.10. The maximum absolute atomic E-state index is 13.6. The van der Waals surface area contributed by atoms with E-state index in [-0.39, 0.29) is 6.04 Å². The van der Waals surface area contributed by atoms with Crippen molar-refractivity contribution < 1.29 is 23.1 Å². The number of nitrogens with zero attached hydrogens (tertiary/aromatic N) is 3. The number of piperidine rings is 1. The third-order valence-corrected chi connectivity index (χ3v) is 5.60. The van der Waals surface area contributed by atoms with Gasteiger partial charge in [-0.05, 0) is 30.5 Å². The van der Waals surface area contributed by atoms with Crippen LogP contribution in [0.3, 0.4) is 0 Å². The van der Waals surface area contributed by atoms with Crippen LogP contribution in [0.15, 0.2) is 36.7 Å². The maximum atomic E-state index is 13.6. The highest BCUT2D eigenvalue weighted by atomic mass is 35.5. The monoisotopic (exact) mass is 444 g/mol. The van der Waals surface area contributed by atoms with Gasteiger partial charge in [0.1, 0.15) is 0 Å². The molecule has 0 radical (unpaired) electrons. The van der Waals surface area contributed by atoms with Crippen molar-refractivity contribution in [2.24, 2.45) is 7.05 Å². The van der Waals surface area contributed by atoms with Crippen LogP contribution in [0.4, 0.5) is 13.2 Å². The minimum atomic E-state index is -5.04. The van der Waals surface area contributed by atoms with Gasteiger partial charge in [0.15, 0.2) is 5.82 Å². The van der Waals surface area contributed by atoms with Crippen molar-refractivity contribution in [2.45, 2.75) is 43.6 Å². The van der Waals surface area contributed by atoms with E-state index in [1.807, 2.05) is 24.3 Å². The van der Waals surface area contributed by atoms with Gasteiger partial charge >= 0.3 is 6.18 Å². The van der Waals surface area contributed by atoms with E-state index in [2.05, 4.69) is 15.2 Å². The van der Waals surface area contributed by atoms with Gasteiger partial charge in [0.05, 0.1) is 6.42 Å². The van der Waals surface area contributed by atoms with E-state index in [1.54, 1.807) is 0 Å². The highest BCUT2D eigenvalue weighted by Gasteiger charge is 2.58. The number of nitrogens with one attached hydrogen (secondary N) is 1. The number of aromatic nitrogens is 2. The number of hydrogen-bond acceptors (Lipinski definition) is 4. The molecule has 0 aliphatic carbocycles. The van der Waals surface area contributed by atoms with Crippen molar-refractivity contribution in [1.82, 2.24) is 19.8 Å². The normalized spacial score (nSPS) is 18.2. The Morgan fingerprint density at radius 1 is 1.27 bits per heavy atom. The predicted octanol–water partition coefficient (Wildman–Crippen LogP) is 2.99. The zero-order chi connectivity index (χ0) is 21.9. The lowest BCUT2D eigenvalue weighted by Gasteiger charge is -2.34. The summed E-state index contributed by atoms with van der Waals surface area (Å²) in [5.41, 5.74) is -2.22. The average molecular weight is 445 g/mol. The van der Waals surface area contributed by atoms with Gasteiger partial charge < -0.3 is 15.0 Å². The zero-order valence-corrected chi connectivity index (χ0v) is 17.2. The van der Waals surface area contributed by atoms with E-state index in [4.69, 9.17) is 11.6 Å². The number of alkyl halides is 3. The minimum absolute atomic E-state index is 0.238. The minimum Gasteiger partial charge on any atom is -0.374 e. The van der Waals surface area contributed by atoms with Gasteiger partial charge in [-0.3, -0.25) is 9.69 Å². The lowest BCUT2D eigenvalue weighted by molar-refractivity contribution is -0.271. The highest BCUT2D eigenvalue weighted by Crippen LogP contribution is 2.40. The number of aryl methyl sites for hydroxylation is 1. The first kappa shape index (κ1) is 22.6. The van der Waals surface area contributed by atoms with E-state index in [0.717, 1.165) is 22.9 Å². The molecular weight excluding hydrogens is 421 g/mol. The molecule has 1 aliphatic rings. The van der Waals surface area contributed by atoms with Crippen LogP contribution in [0, 0.1) is 0 Å². The molecule has 0 spiro atoms. The molecule has 2 heterocycles. The standard InChI is InChI=1S/C20H24ClF3N4O2/c1-27-11-8-25-18(27)19(30,20(22,23)24)12-17(29)26-16-6-9-28(10-7-16)13-14-2-4-15(21)5-3-14/h2-5,8,11,16,30H,6-7,9-10,12-13H2,1H3,(H,26,29). The Balaban J connectivity index is 1.55. The number of hydrogen-bond donors (Lipinski definition) is 2. The molecule has 0 saturated carbocycles. The van der Waals surface area contributed by atoms with Crippen LogP contribution in [0.1, 0.15) is 30.7 Å². The molecule has 1 amide bonds. The summed E-state index contributed by atoms with van der Waals surface area (Å²) in [4.78, 5) is 18.2. The van der Waals surface area contributed by atoms with E-state index in [9.17, 15) is 23.1 Å². The molecular formula is C20H24ClF3N4O2. The molecule has 10 heteroatoms. The Morgan fingerprint density at radius 2 is 1.90 bits per heavy atom. The second kappa shape index (κ2) is 8.95. The Kier molecular flexibility index (Phi) is 6.74. The van der Waals surface area contributed by atoms with Crippen molar-refractivity contribution in [3.8, 4) is 0 Å². The van der Waals surface area contributed by atoms with Gasteiger partial charge in [0, 0.05) is 50.1 Å². The lowest BCUT2D eigenvalue weighted by Crippen LogP contribution is -2.50. The molecule has 0 bridgehead atoms. The third kappa shape index (κ3) is 5.14. The summed E-state index contributed by atoms with van der Waals surface area (Å²) in [6.45, 7) is 2.15. The van der Waals surface area contributed by atoms with E-state index >= 15 is 0 Å². The van der Waals surface area contributed by atoms with Gasteiger partial charge in [0.25, 0.3) is 0 Å². The van der Waals surface area contributed by atoms with Crippen molar-refractivity contribution in [3.05, 3.63) is 53.1 Å². The summed E-state index contributed by atoms with van der Waals surface area (Å²) in [6, 6.07) is 7.32. The molecule has 2 aromatic rings. The molecule has 6 nitrogen and oxygen atoms in total. The van der Waals surface area contributed by atoms with Gasteiger partial charge in [-0.15, -0.1) is 0 Å².